The Morgan fingerprint density at radius 1 is 1.32 bits per heavy atom. The van der Waals surface area contributed by atoms with Crippen LogP contribution in [-0.4, -0.2) is 21.5 Å². The van der Waals surface area contributed by atoms with E-state index in [0.717, 1.165) is 24.0 Å². The van der Waals surface area contributed by atoms with Crippen molar-refractivity contribution in [1.29, 1.82) is 0 Å². The van der Waals surface area contributed by atoms with Crippen LogP contribution in [-0.2, 0) is 10.0 Å². The molecule has 4 nitrogen and oxygen atoms in total. The Balaban J connectivity index is 2.81. The van der Waals surface area contributed by atoms with Crippen LogP contribution in [0.3, 0.4) is 0 Å². The Bertz CT molecular complexity index is 512. The molecule has 1 aromatic carbocycles. The zero-order chi connectivity index (χ0) is 14.5. The van der Waals surface area contributed by atoms with E-state index in [9.17, 15) is 8.42 Å². The van der Waals surface area contributed by atoms with Crippen LogP contribution in [0.15, 0.2) is 23.1 Å². The zero-order valence-corrected chi connectivity index (χ0v) is 12.8. The fourth-order valence-corrected chi connectivity index (χ4v) is 3.43. The normalized spacial score (nSPS) is 13.5. The summed E-state index contributed by atoms with van der Waals surface area (Å²) in [6.07, 6.45) is 1.76. The fraction of sp³-hybridized carbons (Fsp3) is 0.571. The first kappa shape index (κ1) is 16.1. The number of rotatable bonds is 7. The molecule has 108 valence electrons. The minimum atomic E-state index is -3.42. The molecule has 0 saturated heterocycles. The lowest BCUT2D eigenvalue weighted by Gasteiger charge is -2.15. The fourth-order valence-electron chi connectivity index (χ4n) is 2.09. The van der Waals surface area contributed by atoms with Crippen LogP contribution in [0.5, 0.6) is 0 Å². The molecule has 0 aliphatic heterocycles. The molecule has 0 aliphatic rings. The largest absolute Gasteiger partial charge is 0.330 e. The number of hydrogen-bond acceptors (Lipinski definition) is 3. The monoisotopic (exact) mass is 284 g/mol. The molecule has 1 unspecified atom stereocenters. The highest BCUT2D eigenvalue weighted by Crippen LogP contribution is 2.17. The Morgan fingerprint density at radius 3 is 2.53 bits per heavy atom. The maximum atomic E-state index is 12.2. The second-order valence-electron chi connectivity index (χ2n) is 4.97. The quantitative estimate of drug-likeness (QED) is 0.804. The minimum absolute atomic E-state index is 0.297. The van der Waals surface area contributed by atoms with Crippen LogP contribution in [0.2, 0.25) is 0 Å². The predicted molar refractivity (Wildman–Crippen MR) is 78.6 cm³/mol. The van der Waals surface area contributed by atoms with Crippen molar-refractivity contribution in [3.05, 3.63) is 29.3 Å². The molecule has 1 aromatic rings. The lowest BCUT2D eigenvalue weighted by molar-refractivity contribution is 0.466. The van der Waals surface area contributed by atoms with Gasteiger partial charge in [-0.2, -0.15) is 0 Å². The second-order valence-corrected chi connectivity index (χ2v) is 6.71. The van der Waals surface area contributed by atoms with Gasteiger partial charge < -0.3 is 5.73 Å². The number of aryl methyl sites for hydroxylation is 2. The molecule has 0 heterocycles. The lowest BCUT2D eigenvalue weighted by Crippen LogP contribution is -2.30. The molecule has 1 rings (SSSR count). The van der Waals surface area contributed by atoms with Crippen LogP contribution in [0.1, 0.15) is 30.9 Å². The van der Waals surface area contributed by atoms with E-state index in [1.807, 2.05) is 32.9 Å². The number of sulfonamides is 1. The molecule has 0 aliphatic carbocycles. The van der Waals surface area contributed by atoms with Crippen molar-refractivity contribution >= 4 is 10.0 Å². The highest BCUT2D eigenvalue weighted by molar-refractivity contribution is 7.89. The smallest absolute Gasteiger partial charge is 0.240 e. The van der Waals surface area contributed by atoms with Crippen LogP contribution >= 0.6 is 0 Å². The van der Waals surface area contributed by atoms with Crippen molar-refractivity contribution in [2.75, 3.05) is 13.1 Å². The maximum Gasteiger partial charge on any atom is 0.240 e. The van der Waals surface area contributed by atoms with E-state index in [4.69, 9.17) is 5.73 Å². The summed E-state index contributed by atoms with van der Waals surface area (Å²) >= 11 is 0. The lowest BCUT2D eigenvalue weighted by atomic mass is 10.0. The highest BCUT2D eigenvalue weighted by atomic mass is 32.2. The molecular formula is C14H24N2O2S. The van der Waals surface area contributed by atoms with Gasteiger partial charge in [-0.05, 0) is 44.4 Å². The van der Waals surface area contributed by atoms with E-state index in [1.165, 1.54) is 0 Å². The molecule has 0 fully saturated rings. The van der Waals surface area contributed by atoms with E-state index in [-0.39, 0.29) is 0 Å². The number of nitrogens with two attached hydrogens (primary N) is 1. The third kappa shape index (κ3) is 4.60. The summed E-state index contributed by atoms with van der Waals surface area (Å²) < 4.78 is 27.2. The summed E-state index contributed by atoms with van der Waals surface area (Å²) in [6.45, 7) is 6.85. The van der Waals surface area contributed by atoms with Crippen molar-refractivity contribution in [2.24, 2.45) is 11.7 Å². The van der Waals surface area contributed by atoms with Gasteiger partial charge in [0.25, 0.3) is 0 Å². The SMILES string of the molecule is CCC(CCN)CNS(=O)(=O)c1ccc(C)cc1C. The van der Waals surface area contributed by atoms with E-state index < -0.39 is 10.0 Å². The molecule has 0 bridgehead atoms. The average Bonchev–Trinajstić information content (AvgIpc) is 2.34. The summed E-state index contributed by atoms with van der Waals surface area (Å²) in [7, 11) is -3.42. The standard InChI is InChI=1S/C14H24N2O2S/c1-4-13(7-8-15)10-16-19(17,18)14-6-5-11(2)9-12(14)3/h5-6,9,13,16H,4,7-8,10,15H2,1-3H3. The summed E-state index contributed by atoms with van der Waals surface area (Å²) in [5, 5.41) is 0. The van der Waals surface area contributed by atoms with Crippen molar-refractivity contribution in [2.45, 2.75) is 38.5 Å². The molecule has 0 saturated carbocycles. The zero-order valence-electron chi connectivity index (χ0n) is 11.9. The van der Waals surface area contributed by atoms with Crippen LogP contribution in [0.25, 0.3) is 0 Å². The van der Waals surface area contributed by atoms with E-state index in [2.05, 4.69) is 4.72 Å². The molecule has 5 heteroatoms. The van der Waals surface area contributed by atoms with Gasteiger partial charge in [-0.1, -0.05) is 31.0 Å². The summed E-state index contributed by atoms with van der Waals surface area (Å²) in [6, 6.07) is 5.36. The Kier molecular flexibility index (Phi) is 5.97. The Morgan fingerprint density at radius 2 is 2.00 bits per heavy atom. The van der Waals surface area contributed by atoms with Crippen molar-refractivity contribution in [3.8, 4) is 0 Å². The molecule has 0 spiro atoms. The van der Waals surface area contributed by atoms with E-state index in [1.54, 1.807) is 6.07 Å². The second kappa shape index (κ2) is 7.03. The molecule has 0 aromatic heterocycles. The van der Waals surface area contributed by atoms with Crippen LogP contribution in [0, 0.1) is 19.8 Å². The average molecular weight is 284 g/mol. The molecular weight excluding hydrogens is 260 g/mol. The predicted octanol–water partition coefficient (Wildman–Crippen LogP) is 1.96. The molecule has 0 radical (unpaired) electrons. The van der Waals surface area contributed by atoms with Crippen molar-refractivity contribution < 1.29 is 8.42 Å². The summed E-state index contributed by atoms with van der Waals surface area (Å²) in [5.41, 5.74) is 7.36. The van der Waals surface area contributed by atoms with Gasteiger partial charge in [-0.15, -0.1) is 0 Å². The van der Waals surface area contributed by atoms with Gasteiger partial charge in [0.15, 0.2) is 0 Å². The summed E-state index contributed by atoms with van der Waals surface area (Å²) in [5.74, 6) is 0.297. The van der Waals surface area contributed by atoms with Gasteiger partial charge in [0, 0.05) is 6.54 Å². The minimum Gasteiger partial charge on any atom is -0.330 e. The maximum absolute atomic E-state index is 12.2. The van der Waals surface area contributed by atoms with E-state index >= 15 is 0 Å². The number of nitrogens with one attached hydrogen (secondary N) is 1. The van der Waals surface area contributed by atoms with Gasteiger partial charge in [-0.25, -0.2) is 13.1 Å². The van der Waals surface area contributed by atoms with Gasteiger partial charge in [0.1, 0.15) is 0 Å². The Hall–Kier alpha value is -0.910. The number of benzene rings is 1. The molecule has 19 heavy (non-hydrogen) atoms. The van der Waals surface area contributed by atoms with Crippen molar-refractivity contribution in [3.63, 3.8) is 0 Å². The van der Waals surface area contributed by atoms with Gasteiger partial charge >= 0.3 is 0 Å². The first-order valence-corrected chi connectivity index (χ1v) is 8.16. The molecule has 3 N–H and O–H groups in total. The first-order valence-electron chi connectivity index (χ1n) is 6.67. The van der Waals surface area contributed by atoms with Crippen molar-refractivity contribution in [1.82, 2.24) is 4.72 Å². The molecule has 1 atom stereocenters. The van der Waals surface area contributed by atoms with Gasteiger partial charge in [0.05, 0.1) is 4.90 Å². The first-order chi connectivity index (χ1) is 8.90. The summed E-state index contributed by atoms with van der Waals surface area (Å²) in [4.78, 5) is 0.362. The van der Waals surface area contributed by atoms with Gasteiger partial charge in [0.2, 0.25) is 10.0 Å². The van der Waals surface area contributed by atoms with Gasteiger partial charge in [-0.3, -0.25) is 0 Å². The Labute approximate surface area is 116 Å². The topological polar surface area (TPSA) is 72.2 Å². The third-order valence-electron chi connectivity index (χ3n) is 3.33. The number of hydrogen-bond donors (Lipinski definition) is 2. The van der Waals surface area contributed by atoms with Crippen LogP contribution < -0.4 is 10.5 Å². The van der Waals surface area contributed by atoms with Crippen LogP contribution in [0.4, 0.5) is 0 Å². The highest BCUT2D eigenvalue weighted by Gasteiger charge is 2.18. The third-order valence-corrected chi connectivity index (χ3v) is 4.92. The molecule has 0 amide bonds. The van der Waals surface area contributed by atoms with E-state index in [0.29, 0.717) is 23.9 Å².